The number of hydrogen-bond acceptors (Lipinski definition) is 3. The normalized spacial score (nSPS) is 17.6. The Morgan fingerprint density at radius 3 is 2.71 bits per heavy atom. The van der Waals surface area contributed by atoms with Gasteiger partial charge in [0, 0.05) is 12.2 Å². The fourth-order valence-electron chi connectivity index (χ4n) is 2.42. The van der Waals surface area contributed by atoms with E-state index in [-0.39, 0.29) is 36.8 Å². The van der Waals surface area contributed by atoms with E-state index in [4.69, 9.17) is 0 Å². The number of rotatable bonds is 4. The minimum absolute atomic E-state index is 0. The largest absolute Gasteiger partial charge is 0.325 e. The minimum Gasteiger partial charge on any atom is -0.325 e. The second kappa shape index (κ2) is 10.0. The Bertz CT molecular complexity index is 435. The zero-order valence-corrected chi connectivity index (χ0v) is 14.2. The number of carbonyl (C=O) groups excluding carboxylic acids is 1. The summed E-state index contributed by atoms with van der Waals surface area (Å²) in [6.07, 6.45) is 3.23. The van der Waals surface area contributed by atoms with E-state index >= 15 is 0 Å². The Labute approximate surface area is 139 Å². The molecule has 2 rings (SSSR count). The molecule has 0 spiro atoms. The molecule has 1 amide bonds. The maximum Gasteiger partial charge on any atom is 0.241 e. The van der Waals surface area contributed by atoms with E-state index in [2.05, 4.69) is 21.6 Å². The van der Waals surface area contributed by atoms with Crippen molar-refractivity contribution in [3.8, 4) is 0 Å². The predicted molar refractivity (Wildman–Crippen MR) is 92.6 cm³/mol. The van der Waals surface area contributed by atoms with Gasteiger partial charge in [0.25, 0.3) is 0 Å². The van der Waals surface area contributed by atoms with Gasteiger partial charge >= 0.3 is 0 Å². The molecule has 1 aromatic carbocycles. The molecule has 1 atom stereocenters. The highest BCUT2D eigenvalue weighted by molar-refractivity contribution is 5.94. The first-order valence-corrected chi connectivity index (χ1v) is 6.93. The highest BCUT2D eigenvalue weighted by Gasteiger charge is 2.20. The second-order valence-corrected chi connectivity index (χ2v) is 5.43. The summed E-state index contributed by atoms with van der Waals surface area (Å²) in [7, 11) is 4.08. The molecule has 6 heteroatoms. The third kappa shape index (κ3) is 6.66. The van der Waals surface area contributed by atoms with Crippen molar-refractivity contribution in [2.24, 2.45) is 0 Å². The Kier molecular flexibility index (Phi) is 9.62. The van der Waals surface area contributed by atoms with Crippen LogP contribution in [-0.2, 0) is 11.3 Å². The smallest absolute Gasteiger partial charge is 0.241 e. The molecular formula is C15H25Cl2N3O. The van der Waals surface area contributed by atoms with Crippen molar-refractivity contribution in [1.82, 2.24) is 10.2 Å². The average molecular weight is 334 g/mol. The van der Waals surface area contributed by atoms with Gasteiger partial charge in [0.15, 0.2) is 0 Å². The molecule has 1 aromatic rings. The summed E-state index contributed by atoms with van der Waals surface area (Å²) in [4.78, 5) is 14.2. The number of hydrogen-bond donors (Lipinski definition) is 2. The lowest BCUT2D eigenvalue weighted by Crippen LogP contribution is -2.43. The number of piperidine rings is 1. The third-order valence-corrected chi connectivity index (χ3v) is 3.32. The molecular weight excluding hydrogens is 309 g/mol. The van der Waals surface area contributed by atoms with Crippen molar-refractivity contribution >= 4 is 36.4 Å². The Morgan fingerprint density at radius 2 is 2.10 bits per heavy atom. The fraction of sp³-hybridized carbons (Fsp3) is 0.533. The van der Waals surface area contributed by atoms with Gasteiger partial charge in [0.1, 0.15) is 0 Å². The van der Waals surface area contributed by atoms with Gasteiger partial charge in [-0.3, -0.25) is 4.79 Å². The fourth-order valence-corrected chi connectivity index (χ4v) is 2.42. The molecule has 2 N–H and O–H groups in total. The van der Waals surface area contributed by atoms with Crippen LogP contribution in [-0.4, -0.2) is 37.5 Å². The molecule has 1 heterocycles. The van der Waals surface area contributed by atoms with Gasteiger partial charge in [-0.05, 0) is 51.2 Å². The van der Waals surface area contributed by atoms with Gasteiger partial charge in [-0.25, -0.2) is 0 Å². The Hall–Kier alpha value is -0.810. The maximum absolute atomic E-state index is 12.1. The molecule has 1 fully saturated rings. The molecule has 0 saturated carbocycles. The lowest BCUT2D eigenvalue weighted by molar-refractivity contribution is -0.118. The maximum atomic E-state index is 12.1. The van der Waals surface area contributed by atoms with E-state index in [0.29, 0.717) is 0 Å². The monoisotopic (exact) mass is 333 g/mol. The Morgan fingerprint density at radius 1 is 1.33 bits per heavy atom. The van der Waals surface area contributed by atoms with Crippen LogP contribution in [0.3, 0.4) is 0 Å². The van der Waals surface area contributed by atoms with E-state index in [0.717, 1.165) is 31.6 Å². The van der Waals surface area contributed by atoms with Crippen molar-refractivity contribution in [3.05, 3.63) is 29.8 Å². The predicted octanol–water partition coefficient (Wildman–Crippen LogP) is 2.67. The van der Waals surface area contributed by atoms with Crippen molar-refractivity contribution in [2.75, 3.05) is 26.0 Å². The minimum atomic E-state index is -0.0359. The van der Waals surface area contributed by atoms with Crippen molar-refractivity contribution in [1.29, 1.82) is 0 Å². The molecule has 120 valence electrons. The quantitative estimate of drug-likeness (QED) is 0.890. The summed E-state index contributed by atoms with van der Waals surface area (Å²) in [5.41, 5.74) is 2.09. The first kappa shape index (κ1) is 20.2. The topological polar surface area (TPSA) is 44.4 Å². The molecule has 1 aliphatic rings. The number of halogens is 2. The third-order valence-electron chi connectivity index (χ3n) is 3.32. The van der Waals surface area contributed by atoms with E-state index in [9.17, 15) is 4.79 Å². The number of carbonyl (C=O) groups is 1. The van der Waals surface area contributed by atoms with Crippen LogP contribution in [0.5, 0.6) is 0 Å². The van der Waals surface area contributed by atoms with Crippen LogP contribution >= 0.6 is 24.8 Å². The SMILES string of the molecule is CN(C)Cc1cccc(NC(=O)C2CCCCN2)c1.Cl.Cl. The highest BCUT2D eigenvalue weighted by atomic mass is 35.5. The summed E-state index contributed by atoms with van der Waals surface area (Å²) in [6, 6.07) is 8.02. The van der Waals surface area contributed by atoms with Crippen LogP contribution in [0.2, 0.25) is 0 Å². The molecule has 0 aliphatic carbocycles. The van der Waals surface area contributed by atoms with Crippen LogP contribution in [0.1, 0.15) is 24.8 Å². The molecule has 1 aliphatic heterocycles. The first-order chi connectivity index (χ1) is 9.15. The second-order valence-electron chi connectivity index (χ2n) is 5.43. The van der Waals surface area contributed by atoms with E-state index in [1.807, 2.05) is 32.3 Å². The summed E-state index contributed by atoms with van der Waals surface area (Å²) in [6.45, 7) is 1.82. The molecule has 1 saturated heterocycles. The molecule has 0 radical (unpaired) electrons. The van der Waals surface area contributed by atoms with Crippen LogP contribution in [0, 0.1) is 0 Å². The highest BCUT2D eigenvalue weighted by Crippen LogP contribution is 2.14. The van der Waals surface area contributed by atoms with Gasteiger partial charge in [0.05, 0.1) is 6.04 Å². The van der Waals surface area contributed by atoms with Crippen molar-refractivity contribution < 1.29 is 4.79 Å². The summed E-state index contributed by atoms with van der Waals surface area (Å²) in [5, 5.41) is 6.27. The van der Waals surface area contributed by atoms with Gasteiger partial charge in [-0.2, -0.15) is 0 Å². The van der Waals surface area contributed by atoms with Crippen LogP contribution in [0.25, 0.3) is 0 Å². The lowest BCUT2D eigenvalue weighted by atomic mass is 10.0. The van der Waals surface area contributed by atoms with E-state index in [1.165, 1.54) is 12.0 Å². The van der Waals surface area contributed by atoms with Crippen molar-refractivity contribution in [2.45, 2.75) is 31.8 Å². The van der Waals surface area contributed by atoms with Crippen LogP contribution < -0.4 is 10.6 Å². The van der Waals surface area contributed by atoms with E-state index < -0.39 is 0 Å². The molecule has 0 aromatic heterocycles. The van der Waals surface area contributed by atoms with Gasteiger partial charge in [-0.1, -0.05) is 18.6 Å². The van der Waals surface area contributed by atoms with E-state index in [1.54, 1.807) is 0 Å². The number of nitrogens with zero attached hydrogens (tertiary/aromatic N) is 1. The van der Waals surface area contributed by atoms with Crippen LogP contribution in [0.4, 0.5) is 5.69 Å². The standard InChI is InChI=1S/C15H23N3O.2ClH/c1-18(2)11-12-6-5-7-13(10-12)17-15(19)14-8-3-4-9-16-14;;/h5-7,10,14,16H,3-4,8-9,11H2,1-2H3,(H,17,19);2*1H. The van der Waals surface area contributed by atoms with Gasteiger partial charge in [-0.15, -0.1) is 24.8 Å². The number of benzene rings is 1. The van der Waals surface area contributed by atoms with Crippen LogP contribution in [0.15, 0.2) is 24.3 Å². The molecule has 1 unspecified atom stereocenters. The zero-order valence-electron chi connectivity index (χ0n) is 12.6. The average Bonchev–Trinajstić information content (AvgIpc) is 2.39. The lowest BCUT2D eigenvalue weighted by Gasteiger charge is -2.22. The number of anilines is 1. The summed E-state index contributed by atoms with van der Waals surface area (Å²) < 4.78 is 0. The molecule has 4 nitrogen and oxygen atoms in total. The summed E-state index contributed by atoms with van der Waals surface area (Å²) >= 11 is 0. The number of amides is 1. The van der Waals surface area contributed by atoms with Gasteiger partial charge in [0.2, 0.25) is 5.91 Å². The summed E-state index contributed by atoms with van der Waals surface area (Å²) in [5.74, 6) is 0.0849. The zero-order chi connectivity index (χ0) is 13.7. The molecule has 0 bridgehead atoms. The van der Waals surface area contributed by atoms with Crippen molar-refractivity contribution in [3.63, 3.8) is 0 Å². The molecule has 21 heavy (non-hydrogen) atoms. The number of nitrogens with one attached hydrogen (secondary N) is 2. The first-order valence-electron chi connectivity index (χ1n) is 6.93. The van der Waals surface area contributed by atoms with Gasteiger partial charge < -0.3 is 15.5 Å². The Balaban J connectivity index is 0.00000200.